The molecule has 2 rings (SSSR count). The van der Waals surface area contributed by atoms with Gasteiger partial charge in [0.1, 0.15) is 0 Å². The largest absolute Gasteiger partial charge is 0.366 e. The number of halogens is 1. The van der Waals surface area contributed by atoms with Crippen molar-refractivity contribution in [3.8, 4) is 5.69 Å². The van der Waals surface area contributed by atoms with E-state index in [4.69, 9.17) is 17.3 Å². The van der Waals surface area contributed by atoms with Crippen molar-refractivity contribution in [1.82, 2.24) is 15.1 Å². The lowest BCUT2D eigenvalue weighted by Gasteiger charge is -2.22. The van der Waals surface area contributed by atoms with Crippen molar-refractivity contribution in [3.05, 3.63) is 46.7 Å². The van der Waals surface area contributed by atoms with E-state index >= 15 is 0 Å². The first kappa shape index (κ1) is 15.5. The second kappa shape index (κ2) is 5.87. The van der Waals surface area contributed by atoms with E-state index in [0.29, 0.717) is 17.1 Å². The van der Waals surface area contributed by atoms with Gasteiger partial charge < -0.3 is 11.1 Å². The number of nitrogens with one attached hydrogen (secondary N) is 1. The van der Waals surface area contributed by atoms with Crippen LogP contribution in [-0.2, 0) is 6.54 Å². The van der Waals surface area contributed by atoms with E-state index in [2.05, 4.69) is 31.2 Å². The molecule has 1 heterocycles. The molecule has 0 spiro atoms. The lowest BCUT2D eigenvalue weighted by atomic mass is 10.1. The third-order valence-electron chi connectivity index (χ3n) is 3.00. The van der Waals surface area contributed by atoms with Gasteiger partial charge in [-0.25, -0.2) is 4.68 Å². The maximum absolute atomic E-state index is 11.2. The van der Waals surface area contributed by atoms with E-state index in [1.54, 1.807) is 10.9 Å². The molecule has 21 heavy (non-hydrogen) atoms. The van der Waals surface area contributed by atoms with Gasteiger partial charge in [0.05, 0.1) is 17.4 Å². The summed E-state index contributed by atoms with van der Waals surface area (Å²) in [5.74, 6) is -0.502. The van der Waals surface area contributed by atoms with Gasteiger partial charge in [-0.05, 0) is 32.9 Å². The molecule has 0 atom stereocenters. The van der Waals surface area contributed by atoms with Crippen LogP contribution >= 0.6 is 11.6 Å². The fraction of sp³-hybridized carbons (Fsp3) is 0.333. The van der Waals surface area contributed by atoms with E-state index in [0.717, 1.165) is 11.3 Å². The van der Waals surface area contributed by atoms with E-state index in [1.165, 1.54) is 6.20 Å². The summed E-state index contributed by atoms with van der Waals surface area (Å²) in [6, 6.07) is 5.59. The fourth-order valence-corrected chi connectivity index (χ4v) is 2.11. The normalized spacial score (nSPS) is 11.6. The number of nitrogens with zero attached hydrogens (tertiary/aromatic N) is 2. The summed E-state index contributed by atoms with van der Waals surface area (Å²) in [7, 11) is 0. The van der Waals surface area contributed by atoms with Crippen molar-refractivity contribution in [2.75, 3.05) is 0 Å². The van der Waals surface area contributed by atoms with Crippen molar-refractivity contribution in [3.63, 3.8) is 0 Å². The fourth-order valence-electron chi connectivity index (χ4n) is 1.87. The Morgan fingerprint density at radius 2 is 2.14 bits per heavy atom. The Hall–Kier alpha value is -1.85. The molecule has 1 aromatic carbocycles. The van der Waals surface area contributed by atoms with Crippen molar-refractivity contribution in [2.24, 2.45) is 5.73 Å². The minimum atomic E-state index is -0.502. The molecule has 0 unspecified atom stereocenters. The van der Waals surface area contributed by atoms with Crippen molar-refractivity contribution in [1.29, 1.82) is 0 Å². The summed E-state index contributed by atoms with van der Waals surface area (Å²) in [5.41, 5.74) is 7.34. The minimum absolute atomic E-state index is 0.0288. The van der Waals surface area contributed by atoms with Gasteiger partial charge in [0.15, 0.2) is 0 Å². The van der Waals surface area contributed by atoms with Gasteiger partial charge in [-0.2, -0.15) is 5.10 Å². The highest BCUT2D eigenvalue weighted by Gasteiger charge is 2.15. The summed E-state index contributed by atoms with van der Waals surface area (Å²) in [4.78, 5) is 11.2. The van der Waals surface area contributed by atoms with E-state index in [1.807, 2.05) is 18.2 Å². The molecule has 3 N–H and O–H groups in total. The van der Waals surface area contributed by atoms with Crippen LogP contribution in [0.25, 0.3) is 5.69 Å². The van der Waals surface area contributed by atoms with E-state index < -0.39 is 5.91 Å². The van der Waals surface area contributed by atoms with Crippen LogP contribution in [0.3, 0.4) is 0 Å². The Balaban J connectivity index is 2.38. The lowest BCUT2D eigenvalue weighted by Crippen LogP contribution is -2.35. The van der Waals surface area contributed by atoms with Gasteiger partial charge >= 0.3 is 0 Å². The highest BCUT2D eigenvalue weighted by molar-refractivity contribution is 6.31. The Kier molecular flexibility index (Phi) is 4.34. The Bertz CT molecular complexity index is 658. The zero-order valence-electron chi connectivity index (χ0n) is 12.4. The first-order valence-corrected chi connectivity index (χ1v) is 7.03. The highest BCUT2D eigenvalue weighted by atomic mass is 35.5. The molecule has 1 aromatic heterocycles. The molecule has 0 saturated heterocycles. The molecule has 2 aromatic rings. The standard InChI is InChI=1S/C15H19ClN4O/c1-15(2,3)18-8-11-12(16)5-4-6-13(11)20-9-10(7-19-20)14(17)21/h4-7,9,18H,8H2,1-3H3,(H2,17,21). The van der Waals surface area contributed by atoms with Gasteiger partial charge in [0.25, 0.3) is 5.91 Å². The molecular formula is C15H19ClN4O. The lowest BCUT2D eigenvalue weighted by molar-refractivity contribution is 0.100. The third-order valence-corrected chi connectivity index (χ3v) is 3.36. The number of rotatable bonds is 4. The van der Waals surface area contributed by atoms with Gasteiger partial charge in [-0.1, -0.05) is 17.7 Å². The number of aromatic nitrogens is 2. The monoisotopic (exact) mass is 306 g/mol. The van der Waals surface area contributed by atoms with Crippen LogP contribution in [0.4, 0.5) is 0 Å². The number of benzene rings is 1. The van der Waals surface area contributed by atoms with Crippen LogP contribution in [0.15, 0.2) is 30.6 Å². The van der Waals surface area contributed by atoms with Crippen LogP contribution in [0.5, 0.6) is 0 Å². The smallest absolute Gasteiger partial charge is 0.251 e. The number of carbonyl (C=O) groups excluding carboxylic acids is 1. The quantitative estimate of drug-likeness (QED) is 0.911. The van der Waals surface area contributed by atoms with Gasteiger partial charge in [-0.3, -0.25) is 4.79 Å². The van der Waals surface area contributed by atoms with Crippen molar-refractivity contribution < 1.29 is 4.79 Å². The zero-order chi connectivity index (χ0) is 15.6. The number of nitrogens with two attached hydrogens (primary N) is 1. The molecular weight excluding hydrogens is 288 g/mol. The highest BCUT2D eigenvalue weighted by Crippen LogP contribution is 2.24. The first-order valence-electron chi connectivity index (χ1n) is 6.65. The number of primary amides is 1. The summed E-state index contributed by atoms with van der Waals surface area (Å²) in [5, 5.41) is 8.24. The Labute approximate surface area is 129 Å². The molecule has 5 nitrogen and oxygen atoms in total. The second-order valence-corrected chi connectivity index (χ2v) is 6.29. The molecule has 0 radical (unpaired) electrons. The van der Waals surface area contributed by atoms with Crippen LogP contribution in [-0.4, -0.2) is 21.2 Å². The molecule has 0 saturated carbocycles. The molecule has 1 amide bonds. The van der Waals surface area contributed by atoms with Crippen LogP contribution in [0, 0.1) is 0 Å². The molecule has 0 aliphatic heterocycles. The Morgan fingerprint density at radius 3 is 2.71 bits per heavy atom. The third kappa shape index (κ3) is 3.83. The molecule has 0 aliphatic rings. The van der Waals surface area contributed by atoms with Crippen LogP contribution in [0.2, 0.25) is 5.02 Å². The van der Waals surface area contributed by atoms with Crippen LogP contribution < -0.4 is 11.1 Å². The summed E-state index contributed by atoms with van der Waals surface area (Å²) >= 11 is 6.30. The van der Waals surface area contributed by atoms with Gasteiger partial charge in [0, 0.05) is 28.9 Å². The maximum Gasteiger partial charge on any atom is 0.251 e. The van der Waals surface area contributed by atoms with E-state index in [-0.39, 0.29) is 5.54 Å². The van der Waals surface area contributed by atoms with Crippen molar-refractivity contribution in [2.45, 2.75) is 32.9 Å². The van der Waals surface area contributed by atoms with Gasteiger partial charge in [0.2, 0.25) is 0 Å². The molecule has 112 valence electrons. The summed E-state index contributed by atoms with van der Waals surface area (Å²) < 4.78 is 1.62. The number of amides is 1. The molecule has 0 bridgehead atoms. The predicted octanol–water partition coefficient (Wildman–Crippen LogP) is 2.51. The molecule has 0 fully saturated rings. The maximum atomic E-state index is 11.2. The average molecular weight is 307 g/mol. The summed E-state index contributed by atoms with van der Waals surface area (Å²) in [6.07, 6.45) is 3.05. The molecule has 0 aliphatic carbocycles. The SMILES string of the molecule is CC(C)(C)NCc1c(Cl)cccc1-n1cc(C(N)=O)cn1. The average Bonchev–Trinajstić information content (AvgIpc) is 2.85. The topological polar surface area (TPSA) is 72.9 Å². The van der Waals surface area contributed by atoms with Crippen LogP contribution in [0.1, 0.15) is 36.7 Å². The summed E-state index contributed by atoms with van der Waals surface area (Å²) in [6.45, 7) is 6.86. The van der Waals surface area contributed by atoms with Gasteiger partial charge in [-0.15, -0.1) is 0 Å². The Morgan fingerprint density at radius 1 is 1.43 bits per heavy atom. The second-order valence-electron chi connectivity index (χ2n) is 5.88. The number of hydrogen-bond donors (Lipinski definition) is 2. The first-order chi connectivity index (χ1) is 9.78. The zero-order valence-corrected chi connectivity index (χ0v) is 13.1. The predicted molar refractivity (Wildman–Crippen MR) is 83.7 cm³/mol. The van der Waals surface area contributed by atoms with Crippen molar-refractivity contribution >= 4 is 17.5 Å². The van der Waals surface area contributed by atoms with E-state index in [9.17, 15) is 4.79 Å². The number of carbonyl (C=O) groups is 1. The minimum Gasteiger partial charge on any atom is -0.366 e. The number of hydrogen-bond acceptors (Lipinski definition) is 3. The molecule has 6 heteroatoms.